The summed E-state index contributed by atoms with van der Waals surface area (Å²) in [4.78, 5) is 1.22. The zero-order valence-electron chi connectivity index (χ0n) is 10.4. The van der Waals surface area contributed by atoms with E-state index < -0.39 is 9.71 Å². The first kappa shape index (κ1) is 13.5. The van der Waals surface area contributed by atoms with Crippen molar-refractivity contribution in [3.05, 3.63) is 35.7 Å². The minimum Gasteiger partial charge on any atom is -0.497 e. The van der Waals surface area contributed by atoms with Crippen molar-refractivity contribution in [3.63, 3.8) is 0 Å². The monoisotopic (exact) mass is 283 g/mol. The average molecular weight is 283 g/mol. The van der Waals surface area contributed by atoms with Crippen molar-refractivity contribution in [1.82, 2.24) is 4.31 Å². The Morgan fingerprint density at radius 1 is 1.56 bits per heavy atom. The Morgan fingerprint density at radius 3 is 3.00 bits per heavy atom. The van der Waals surface area contributed by atoms with Crippen LogP contribution in [0.4, 0.5) is 0 Å². The van der Waals surface area contributed by atoms with Crippen LogP contribution in [0.15, 0.2) is 35.1 Å². The van der Waals surface area contributed by atoms with E-state index in [9.17, 15) is 4.21 Å². The van der Waals surface area contributed by atoms with Gasteiger partial charge in [0.15, 0.2) is 0 Å². The van der Waals surface area contributed by atoms with Gasteiger partial charge in [0.05, 0.1) is 7.11 Å². The third-order valence-corrected chi connectivity index (χ3v) is 5.71. The molecule has 0 N–H and O–H groups in total. The van der Waals surface area contributed by atoms with Crippen LogP contribution in [0.3, 0.4) is 0 Å². The Hall–Kier alpha value is -0.910. The summed E-state index contributed by atoms with van der Waals surface area (Å²) in [5.74, 6) is 5.49. The largest absolute Gasteiger partial charge is 0.497 e. The van der Waals surface area contributed by atoms with E-state index in [1.54, 1.807) is 18.9 Å². The number of ether oxygens (including phenoxy) is 1. The van der Waals surface area contributed by atoms with E-state index >= 15 is 0 Å². The molecule has 5 heteroatoms. The van der Waals surface area contributed by atoms with Crippen molar-refractivity contribution in [3.8, 4) is 5.75 Å². The molecule has 0 bridgehead atoms. The third kappa shape index (κ3) is 2.74. The van der Waals surface area contributed by atoms with Gasteiger partial charge < -0.3 is 4.74 Å². The van der Waals surface area contributed by atoms with E-state index in [1.165, 1.54) is 10.3 Å². The zero-order valence-corrected chi connectivity index (χ0v) is 12.1. The topological polar surface area (TPSA) is 29.5 Å². The van der Waals surface area contributed by atoms with Gasteiger partial charge in [-0.2, -0.15) is 0 Å². The third-order valence-electron chi connectivity index (χ3n) is 2.91. The molecule has 1 heterocycles. The van der Waals surface area contributed by atoms with Gasteiger partial charge in [-0.05, 0) is 29.6 Å². The lowest BCUT2D eigenvalue weighted by atomic mass is 10.2. The van der Waals surface area contributed by atoms with Gasteiger partial charge in [-0.15, -0.1) is 11.8 Å². The van der Waals surface area contributed by atoms with Crippen molar-refractivity contribution >= 4 is 27.3 Å². The van der Waals surface area contributed by atoms with E-state index in [1.807, 2.05) is 16.4 Å². The molecule has 1 aliphatic rings. The molecule has 3 nitrogen and oxygen atoms in total. The highest BCUT2D eigenvalue weighted by molar-refractivity contribution is 8.01. The van der Waals surface area contributed by atoms with Gasteiger partial charge in [-0.1, -0.05) is 6.58 Å². The lowest BCUT2D eigenvalue weighted by Crippen LogP contribution is -2.29. The first-order chi connectivity index (χ1) is 8.56. The molecular weight excluding hydrogens is 266 g/mol. The fourth-order valence-electron chi connectivity index (χ4n) is 1.84. The van der Waals surface area contributed by atoms with Crippen LogP contribution < -0.4 is 4.74 Å². The number of methoxy groups -OCH3 is 1. The molecule has 0 saturated carbocycles. The van der Waals surface area contributed by atoms with Crippen molar-refractivity contribution in [1.29, 1.82) is 0 Å². The number of fused-ring (bicyclic) bond motifs is 1. The maximum Gasteiger partial charge on any atom is 0.119 e. The standard InChI is InChI=1S/C13H17NO2S2/c1-4-18(3,15)14-7-8-17-13-6-5-12(16-2)9-11(13)10-14/h4-6,9H,1,3,7-8,10H2,2H3. The van der Waals surface area contributed by atoms with Crippen LogP contribution in [0.2, 0.25) is 0 Å². The summed E-state index contributed by atoms with van der Waals surface area (Å²) in [5.41, 5.74) is 1.13. The maximum atomic E-state index is 12.3. The fourth-order valence-corrected chi connectivity index (χ4v) is 3.93. The molecule has 18 heavy (non-hydrogen) atoms. The smallest absolute Gasteiger partial charge is 0.119 e. The molecule has 0 fully saturated rings. The quantitative estimate of drug-likeness (QED) is 0.798. The second-order valence-electron chi connectivity index (χ2n) is 4.04. The van der Waals surface area contributed by atoms with Crippen LogP contribution in [-0.2, 0) is 16.3 Å². The Morgan fingerprint density at radius 2 is 2.33 bits per heavy atom. The van der Waals surface area contributed by atoms with Crippen molar-refractivity contribution in [2.45, 2.75) is 11.4 Å². The summed E-state index contributed by atoms with van der Waals surface area (Å²) >= 11 is 1.77. The number of rotatable bonds is 3. The van der Waals surface area contributed by atoms with Crippen LogP contribution in [0, 0.1) is 0 Å². The molecule has 1 aromatic carbocycles. The highest BCUT2D eigenvalue weighted by atomic mass is 32.2. The molecule has 0 radical (unpaired) electrons. The molecule has 0 amide bonds. The summed E-state index contributed by atoms with van der Waals surface area (Å²) in [5, 5.41) is 1.45. The van der Waals surface area contributed by atoms with E-state index in [4.69, 9.17) is 4.74 Å². The van der Waals surface area contributed by atoms with E-state index in [2.05, 4.69) is 18.5 Å². The lowest BCUT2D eigenvalue weighted by Gasteiger charge is -2.22. The fraction of sp³-hybridized carbons (Fsp3) is 0.308. The van der Waals surface area contributed by atoms with Gasteiger partial charge in [0.2, 0.25) is 0 Å². The summed E-state index contributed by atoms with van der Waals surface area (Å²) in [6.45, 7) is 4.98. The Kier molecular flexibility index (Phi) is 4.04. The van der Waals surface area contributed by atoms with Gasteiger partial charge in [-0.25, -0.2) is 8.51 Å². The van der Waals surface area contributed by atoms with Crippen molar-refractivity contribution in [2.24, 2.45) is 0 Å². The molecule has 0 aliphatic carbocycles. The summed E-state index contributed by atoms with van der Waals surface area (Å²) < 4.78 is 19.4. The molecule has 98 valence electrons. The molecular formula is C13H17NO2S2. The summed E-state index contributed by atoms with van der Waals surface area (Å²) in [6, 6.07) is 6.01. The maximum absolute atomic E-state index is 12.3. The van der Waals surface area contributed by atoms with Crippen LogP contribution in [0.25, 0.3) is 0 Å². The van der Waals surface area contributed by atoms with Gasteiger partial charge in [0.25, 0.3) is 0 Å². The number of hydrogen-bond acceptors (Lipinski definition) is 3. The second-order valence-corrected chi connectivity index (χ2v) is 7.41. The van der Waals surface area contributed by atoms with Crippen LogP contribution in [0.5, 0.6) is 5.75 Å². The highest BCUT2D eigenvalue weighted by Gasteiger charge is 2.19. The number of thioether (sulfide) groups is 1. The first-order valence-electron chi connectivity index (χ1n) is 5.61. The van der Waals surface area contributed by atoms with Crippen LogP contribution in [-0.4, -0.2) is 33.8 Å². The Bertz CT molecular complexity index is 552. The highest BCUT2D eigenvalue weighted by Crippen LogP contribution is 2.31. The van der Waals surface area contributed by atoms with Crippen molar-refractivity contribution < 1.29 is 8.95 Å². The van der Waals surface area contributed by atoms with E-state index in [0.717, 1.165) is 23.6 Å². The Balaban J connectivity index is 2.36. The van der Waals surface area contributed by atoms with Gasteiger partial charge >= 0.3 is 0 Å². The number of nitrogens with zero attached hydrogens (tertiary/aromatic N) is 1. The lowest BCUT2D eigenvalue weighted by molar-refractivity contribution is 0.411. The molecule has 0 saturated heterocycles. The number of benzene rings is 1. The molecule has 1 aromatic rings. The second kappa shape index (κ2) is 5.38. The molecule has 0 spiro atoms. The molecule has 2 rings (SSSR count). The summed E-state index contributed by atoms with van der Waals surface area (Å²) in [7, 11) is -0.713. The molecule has 1 aliphatic heterocycles. The number of hydrogen-bond donors (Lipinski definition) is 0. The van der Waals surface area contributed by atoms with Crippen LogP contribution in [0.1, 0.15) is 5.56 Å². The van der Waals surface area contributed by atoms with E-state index in [0.29, 0.717) is 6.54 Å². The van der Waals surface area contributed by atoms with Crippen LogP contribution >= 0.6 is 11.8 Å². The zero-order chi connectivity index (χ0) is 13.2. The first-order valence-corrected chi connectivity index (χ1v) is 8.34. The normalized spacial score (nSPS) is 19.4. The average Bonchev–Trinajstić information content (AvgIpc) is 2.60. The summed E-state index contributed by atoms with van der Waals surface area (Å²) in [6.07, 6.45) is 0. The Labute approximate surface area is 113 Å². The molecule has 1 atom stereocenters. The van der Waals surface area contributed by atoms with Gasteiger partial charge in [-0.3, -0.25) is 0 Å². The SMILES string of the molecule is C=CS(=C)(=O)N1CCSc2ccc(OC)cc2C1. The van der Waals surface area contributed by atoms with E-state index in [-0.39, 0.29) is 0 Å². The predicted octanol–water partition coefficient (Wildman–Crippen LogP) is 2.38. The minimum absolute atomic E-state index is 0.619. The van der Waals surface area contributed by atoms with Gasteiger partial charge in [0.1, 0.15) is 5.75 Å². The molecule has 1 unspecified atom stereocenters. The van der Waals surface area contributed by atoms with Gasteiger partial charge in [0, 0.05) is 38.9 Å². The minimum atomic E-state index is -2.36. The predicted molar refractivity (Wildman–Crippen MR) is 79.6 cm³/mol. The molecule has 0 aromatic heterocycles. The van der Waals surface area contributed by atoms with Crippen molar-refractivity contribution in [2.75, 3.05) is 19.4 Å².